The number of halogens is 1. The summed E-state index contributed by atoms with van der Waals surface area (Å²) in [6.45, 7) is 3.32. The minimum Gasteiger partial charge on any atom is -0.497 e. The van der Waals surface area contributed by atoms with Gasteiger partial charge in [-0.15, -0.1) is 0 Å². The van der Waals surface area contributed by atoms with E-state index >= 15 is 0 Å². The molecule has 1 unspecified atom stereocenters. The lowest BCUT2D eigenvalue weighted by Crippen LogP contribution is -2.21. The minimum atomic E-state index is -0.580. The molecule has 1 rings (SSSR count). The number of likely N-dealkylation sites (N-methyl/N-ethyl adjacent to an activating group) is 1. The maximum atomic E-state index is 9.81. The largest absolute Gasteiger partial charge is 0.497 e. The van der Waals surface area contributed by atoms with Crippen LogP contribution in [0.4, 0.5) is 0 Å². The van der Waals surface area contributed by atoms with Crippen molar-refractivity contribution in [2.75, 3.05) is 20.2 Å². The van der Waals surface area contributed by atoms with Gasteiger partial charge in [-0.2, -0.15) is 0 Å². The second kappa shape index (κ2) is 5.95. The molecule has 3 nitrogen and oxygen atoms in total. The molecule has 1 atom stereocenters. The number of hydrogen-bond donors (Lipinski definition) is 2. The summed E-state index contributed by atoms with van der Waals surface area (Å²) >= 11 is 6.01. The van der Waals surface area contributed by atoms with Gasteiger partial charge in [-0.05, 0) is 18.7 Å². The highest BCUT2D eigenvalue weighted by Crippen LogP contribution is 2.26. The highest BCUT2D eigenvalue weighted by molar-refractivity contribution is 6.31. The molecule has 0 radical (unpaired) electrons. The molecule has 15 heavy (non-hydrogen) atoms. The number of rotatable bonds is 5. The summed E-state index contributed by atoms with van der Waals surface area (Å²) in [5.74, 6) is 0.694. The molecule has 0 aliphatic rings. The van der Waals surface area contributed by atoms with E-state index in [0.717, 1.165) is 12.1 Å². The van der Waals surface area contributed by atoms with E-state index in [1.165, 1.54) is 0 Å². The van der Waals surface area contributed by atoms with E-state index in [9.17, 15) is 5.11 Å². The van der Waals surface area contributed by atoms with Gasteiger partial charge in [0.05, 0.1) is 18.2 Å². The molecule has 0 aromatic heterocycles. The van der Waals surface area contributed by atoms with Crippen molar-refractivity contribution >= 4 is 11.6 Å². The van der Waals surface area contributed by atoms with Crippen LogP contribution in [-0.2, 0) is 0 Å². The Morgan fingerprint density at radius 1 is 1.53 bits per heavy atom. The van der Waals surface area contributed by atoms with Crippen molar-refractivity contribution < 1.29 is 9.84 Å². The van der Waals surface area contributed by atoms with Gasteiger partial charge in [0.1, 0.15) is 5.75 Å². The molecule has 0 saturated heterocycles. The summed E-state index contributed by atoms with van der Waals surface area (Å²) in [5.41, 5.74) is 0.721. The Bertz CT molecular complexity index is 317. The van der Waals surface area contributed by atoms with E-state index in [0.29, 0.717) is 17.3 Å². The summed E-state index contributed by atoms with van der Waals surface area (Å²) in [6.07, 6.45) is -0.580. The van der Waals surface area contributed by atoms with E-state index in [1.54, 1.807) is 25.3 Å². The Labute approximate surface area is 95.0 Å². The van der Waals surface area contributed by atoms with Crippen LogP contribution in [0.2, 0.25) is 5.02 Å². The van der Waals surface area contributed by atoms with Gasteiger partial charge in [0, 0.05) is 12.1 Å². The summed E-state index contributed by atoms with van der Waals surface area (Å²) in [4.78, 5) is 0. The van der Waals surface area contributed by atoms with Gasteiger partial charge in [-0.3, -0.25) is 0 Å². The maximum Gasteiger partial charge on any atom is 0.120 e. The molecule has 0 saturated carbocycles. The van der Waals surface area contributed by atoms with Crippen LogP contribution in [0.1, 0.15) is 18.6 Å². The second-order valence-corrected chi connectivity index (χ2v) is 3.62. The first-order chi connectivity index (χ1) is 7.19. The van der Waals surface area contributed by atoms with Crippen molar-refractivity contribution in [3.63, 3.8) is 0 Å². The molecule has 0 aliphatic carbocycles. The summed E-state index contributed by atoms with van der Waals surface area (Å²) in [6, 6.07) is 5.27. The Morgan fingerprint density at radius 2 is 2.27 bits per heavy atom. The van der Waals surface area contributed by atoms with Gasteiger partial charge >= 0.3 is 0 Å². The first-order valence-corrected chi connectivity index (χ1v) is 5.29. The van der Waals surface area contributed by atoms with Crippen LogP contribution >= 0.6 is 11.6 Å². The van der Waals surface area contributed by atoms with Gasteiger partial charge in [-0.25, -0.2) is 0 Å². The van der Waals surface area contributed by atoms with Crippen LogP contribution in [0.3, 0.4) is 0 Å². The zero-order chi connectivity index (χ0) is 11.3. The Balaban J connectivity index is 2.76. The molecule has 0 amide bonds. The number of aliphatic hydroxyl groups excluding tert-OH is 1. The normalized spacial score (nSPS) is 12.5. The first-order valence-electron chi connectivity index (χ1n) is 4.91. The molecule has 0 heterocycles. The predicted molar refractivity (Wildman–Crippen MR) is 61.5 cm³/mol. The predicted octanol–water partition coefficient (Wildman–Crippen LogP) is 1.99. The van der Waals surface area contributed by atoms with Gasteiger partial charge < -0.3 is 15.2 Å². The molecule has 0 aliphatic heterocycles. The molecule has 0 bridgehead atoms. The van der Waals surface area contributed by atoms with Crippen LogP contribution in [-0.4, -0.2) is 25.3 Å². The SMILES string of the molecule is CCNCC(O)c1ccc(OC)cc1Cl. The van der Waals surface area contributed by atoms with Crippen LogP contribution in [0.15, 0.2) is 18.2 Å². The van der Waals surface area contributed by atoms with Crippen molar-refractivity contribution in [3.05, 3.63) is 28.8 Å². The van der Waals surface area contributed by atoms with Gasteiger partial charge in [0.2, 0.25) is 0 Å². The van der Waals surface area contributed by atoms with Crippen LogP contribution in [0.5, 0.6) is 5.75 Å². The van der Waals surface area contributed by atoms with Crippen molar-refractivity contribution in [2.24, 2.45) is 0 Å². The first kappa shape index (κ1) is 12.3. The molecule has 2 N–H and O–H groups in total. The summed E-state index contributed by atoms with van der Waals surface area (Å²) < 4.78 is 5.03. The topological polar surface area (TPSA) is 41.5 Å². The molecule has 1 aromatic rings. The number of nitrogens with one attached hydrogen (secondary N) is 1. The van der Waals surface area contributed by atoms with Crippen molar-refractivity contribution in [2.45, 2.75) is 13.0 Å². The van der Waals surface area contributed by atoms with Gasteiger partial charge in [0.15, 0.2) is 0 Å². The molecular formula is C11H16ClNO2. The van der Waals surface area contributed by atoms with Crippen molar-refractivity contribution in [1.82, 2.24) is 5.32 Å². The average molecular weight is 230 g/mol. The number of methoxy groups -OCH3 is 1. The Kier molecular flexibility index (Phi) is 4.88. The third kappa shape index (κ3) is 3.38. The van der Waals surface area contributed by atoms with Crippen LogP contribution in [0.25, 0.3) is 0 Å². The maximum absolute atomic E-state index is 9.81. The molecule has 0 spiro atoms. The number of hydrogen-bond acceptors (Lipinski definition) is 3. The van der Waals surface area contributed by atoms with Gasteiger partial charge in [-0.1, -0.05) is 24.6 Å². The van der Waals surface area contributed by atoms with Gasteiger partial charge in [0.25, 0.3) is 0 Å². The smallest absolute Gasteiger partial charge is 0.120 e. The third-order valence-corrected chi connectivity index (χ3v) is 2.48. The van der Waals surface area contributed by atoms with E-state index in [4.69, 9.17) is 16.3 Å². The lowest BCUT2D eigenvalue weighted by Gasteiger charge is -2.13. The molecule has 84 valence electrons. The third-order valence-electron chi connectivity index (χ3n) is 2.15. The molecule has 1 aromatic carbocycles. The van der Waals surface area contributed by atoms with Crippen LogP contribution in [0, 0.1) is 0 Å². The van der Waals surface area contributed by atoms with Crippen molar-refractivity contribution in [3.8, 4) is 5.75 Å². The zero-order valence-corrected chi connectivity index (χ0v) is 9.71. The summed E-state index contributed by atoms with van der Waals surface area (Å²) in [5, 5.41) is 13.4. The summed E-state index contributed by atoms with van der Waals surface area (Å²) in [7, 11) is 1.58. The Hall–Kier alpha value is -0.770. The fourth-order valence-electron chi connectivity index (χ4n) is 1.30. The highest BCUT2D eigenvalue weighted by Gasteiger charge is 2.11. The zero-order valence-electron chi connectivity index (χ0n) is 8.96. The lowest BCUT2D eigenvalue weighted by molar-refractivity contribution is 0.175. The fourth-order valence-corrected chi connectivity index (χ4v) is 1.59. The number of ether oxygens (including phenoxy) is 1. The fraction of sp³-hybridized carbons (Fsp3) is 0.455. The standard InChI is InChI=1S/C11H16ClNO2/c1-3-13-7-11(14)9-5-4-8(15-2)6-10(9)12/h4-6,11,13-14H,3,7H2,1-2H3. The average Bonchev–Trinajstić information content (AvgIpc) is 2.25. The molecule has 0 fully saturated rings. The monoisotopic (exact) mass is 229 g/mol. The van der Waals surface area contributed by atoms with E-state index < -0.39 is 6.10 Å². The van der Waals surface area contributed by atoms with E-state index in [2.05, 4.69) is 5.32 Å². The van der Waals surface area contributed by atoms with Crippen molar-refractivity contribution in [1.29, 1.82) is 0 Å². The number of aliphatic hydroxyl groups is 1. The molecule has 4 heteroatoms. The van der Waals surface area contributed by atoms with E-state index in [1.807, 2.05) is 6.92 Å². The Morgan fingerprint density at radius 3 is 2.80 bits per heavy atom. The van der Waals surface area contributed by atoms with E-state index in [-0.39, 0.29) is 0 Å². The lowest BCUT2D eigenvalue weighted by atomic mass is 10.1. The second-order valence-electron chi connectivity index (χ2n) is 3.21. The highest BCUT2D eigenvalue weighted by atomic mass is 35.5. The quantitative estimate of drug-likeness (QED) is 0.812. The minimum absolute atomic E-state index is 0.503. The van der Waals surface area contributed by atoms with Crippen LogP contribution < -0.4 is 10.1 Å². The molecular weight excluding hydrogens is 214 g/mol. The number of benzene rings is 1.